The fourth-order valence-corrected chi connectivity index (χ4v) is 4.73. The lowest BCUT2D eigenvalue weighted by Crippen LogP contribution is -2.44. The van der Waals surface area contributed by atoms with E-state index in [4.69, 9.17) is 11.6 Å². The van der Waals surface area contributed by atoms with Gasteiger partial charge in [-0.3, -0.25) is 0 Å². The van der Waals surface area contributed by atoms with Crippen LogP contribution >= 0.6 is 22.9 Å². The van der Waals surface area contributed by atoms with E-state index < -0.39 is 5.60 Å². The molecule has 1 aliphatic carbocycles. The summed E-state index contributed by atoms with van der Waals surface area (Å²) in [6, 6.07) is 11.9. The highest BCUT2D eigenvalue weighted by molar-refractivity contribution is 7.10. The van der Waals surface area contributed by atoms with Crippen molar-refractivity contribution < 1.29 is 5.11 Å². The van der Waals surface area contributed by atoms with Gasteiger partial charge in [0.15, 0.2) is 0 Å². The Hall–Kier alpha value is -1.13. The van der Waals surface area contributed by atoms with Gasteiger partial charge in [0.2, 0.25) is 0 Å². The summed E-state index contributed by atoms with van der Waals surface area (Å²) in [4.78, 5) is 3.23. The molecule has 0 bridgehead atoms. The molecule has 2 nitrogen and oxygen atoms in total. The third kappa shape index (κ3) is 3.60. The van der Waals surface area contributed by atoms with Crippen molar-refractivity contribution in [2.24, 2.45) is 5.92 Å². The van der Waals surface area contributed by atoms with Crippen LogP contribution in [0.5, 0.6) is 0 Å². The van der Waals surface area contributed by atoms with E-state index in [1.807, 2.05) is 30.3 Å². The average Bonchev–Trinajstić information content (AvgIpc) is 3.08. The van der Waals surface area contributed by atoms with Crippen LogP contribution in [0.1, 0.15) is 29.7 Å². The highest BCUT2D eigenvalue weighted by Gasteiger charge is 2.44. The molecule has 2 unspecified atom stereocenters. The van der Waals surface area contributed by atoms with Gasteiger partial charge in [0.05, 0.1) is 0 Å². The van der Waals surface area contributed by atoms with Crippen LogP contribution in [-0.4, -0.2) is 30.6 Å². The van der Waals surface area contributed by atoms with Crippen LogP contribution in [0.2, 0.25) is 5.02 Å². The topological polar surface area (TPSA) is 23.5 Å². The Morgan fingerprint density at radius 1 is 1.29 bits per heavy atom. The molecule has 1 saturated carbocycles. The van der Waals surface area contributed by atoms with E-state index in [0.29, 0.717) is 0 Å². The molecule has 2 aromatic rings. The maximum Gasteiger partial charge on any atom is 0.124 e. The average molecular weight is 362 g/mol. The van der Waals surface area contributed by atoms with Gasteiger partial charge in [-0.25, -0.2) is 0 Å². The van der Waals surface area contributed by atoms with Gasteiger partial charge in [-0.2, -0.15) is 0 Å². The Labute approximate surface area is 153 Å². The number of rotatable bonds is 4. The van der Waals surface area contributed by atoms with Crippen LogP contribution in [0.4, 0.5) is 0 Å². The molecular formula is C20H24ClNOS. The summed E-state index contributed by atoms with van der Waals surface area (Å²) in [5, 5.41) is 14.6. The van der Waals surface area contributed by atoms with Crippen LogP contribution in [0, 0.1) is 5.92 Å². The highest BCUT2D eigenvalue weighted by Crippen LogP contribution is 2.47. The summed E-state index contributed by atoms with van der Waals surface area (Å²) < 4.78 is 0. The minimum atomic E-state index is -0.879. The fourth-order valence-electron chi connectivity index (χ4n) is 3.66. The van der Waals surface area contributed by atoms with Gasteiger partial charge in [-0.15, -0.1) is 11.3 Å². The number of halogens is 1. The minimum absolute atomic E-state index is 0.207. The molecule has 1 aromatic carbocycles. The van der Waals surface area contributed by atoms with E-state index in [0.717, 1.165) is 46.8 Å². The first-order valence-electron chi connectivity index (χ1n) is 8.38. The highest BCUT2D eigenvalue weighted by atomic mass is 35.5. The van der Waals surface area contributed by atoms with Crippen molar-refractivity contribution in [2.75, 3.05) is 20.6 Å². The number of thiophene rings is 1. The van der Waals surface area contributed by atoms with E-state index in [-0.39, 0.29) is 5.92 Å². The minimum Gasteiger partial charge on any atom is -0.380 e. The summed E-state index contributed by atoms with van der Waals surface area (Å²) >= 11 is 7.64. The van der Waals surface area contributed by atoms with Gasteiger partial charge < -0.3 is 10.0 Å². The molecule has 3 rings (SSSR count). The predicted molar refractivity (Wildman–Crippen MR) is 104 cm³/mol. The first-order chi connectivity index (χ1) is 11.5. The van der Waals surface area contributed by atoms with Gasteiger partial charge in [0, 0.05) is 22.4 Å². The van der Waals surface area contributed by atoms with E-state index in [1.54, 1.807) is 11.3 Å². The second kappa shape index (κ2) is 7.40. The van der Waals surface area contributed by atoms with Gasteiger partial charge in [-0.05, 0) is 68.1 Å². The maximum absolute atomic E-state index is 11.8. The molecule has 0 saturated heterocycles. The number of benzene rings is 1. The first kappa shape index (κ1) is 17.7. The van der Waals surface area contributed by atoms with Gasteiger partial charge in [0.1, 0.15) is 5.60 Å². The van der Waals surface area contributed by atoms with E-state index >= 15 is 0 Å². The molecule has 1 fully saturated rings. The molecule has 1 aromatic heterocycles. The van der Waals surface area contributed by atoms with Crippen LogP contribution < -0.4 is 0 Å². The molecule has 0 radical (unpaired) electrons. The molecule has 128 valence electrons. The number of hydrogen-bond donors (Lipinski definition) is 1. The lowest BCUT2D eigenvalue weighted by Gasteiger charge is -2.43. The number of hydrogen-bond acceptors (Lipinski definition) is 3. The fraction of sp³-hybridized carbons (Fsp3) is 0.400. The molecule has 1 aliphatic rings. The number of nitrogens with zero attached hydrogens (tertiary/aromatic N) is 1. The Morgan fingerprint density at radius 3 is 2.67 bits per heavy atom. The maximum atomic E-state index is 11.8. The van der Waals surface area contributed by atoms with Crippen molar-refractivity contribution in [3.05, 3.63) is 62.8 Å². The summed E-state index contributed by atoms with van der Waals surface area (Å²) in [5.74, 6) is 0.207. The molecule has 2 atom stereocenters. The second-order valence-corrected chi connectivity index (χ2v) is 8.20. The van der Waals surface area contributed by atoms with Crippen molar-refractivity contribution >= 4 is 29.0 Å². The van der Waals surface area contributed by atoms with Gasteiger partial charge >= 0.3 is 0 Å². The predicted octanol–water partition coefficient (Wildman–Crippen LogP) is 5.03. The molecule has 4 heteroatoms. The number of aliphatic hydroxyl groups is 1. The molecule has 1 heterocycles. The van der Waals surface area contributed by atoms with Crippen LogP contribution in [0.15, 0.2) is 47.4 Å². The van der Waals surface area contributed by atoms with E-state index in [1.165, 1.54) is 0 Å². The third-order valence-electron chi connectivity index (χ3n) is 4.77. The largest absolute Gasteiger partial charge is 0.380 e. The lowest BCUT2D eigenvalue weighted by molar-refractivity contribution is -0.0143. The monoisotopic (exact) mass is 361 g/mol. The van der Waals surface area contributed by atoms with Crippen LogP contribution in [0.25, 0.3) is 6.08 Å². The Bertz CT molecular complexity index is 693. The summed E-state index contributed by atoms with van der Waals surface area (Å²) in [7, 11) is 4.15. The summed E-state index contributed by atoms with van der Waals surface area (Å²) in [6.07, 6.45) is 5.25. The van der Waals surface area contributed by atoms with Crippen molar-refractivity contribution in [1.82, 2.24) is 4.90 Å². The Kier molecular flexibility index (Phi) is 5.46. The molecule has 0 spiro atoms. The second-order valence-electron chi connectivity index (χ2n) is 6.82. The lowest BCUT2D eigenvalue weighted by atomic mass is 9.70. The quantitative estimate of drug-likeness (QED) is 0.825. The molecule has 0 amide bonds. The van der Waals surface area contributed by atoms with E-state index in [9.17, 15) is 5.11 Å². The van der Waals surface area contributed by atoms with E-state index in [2.05, 4.69) is 36.5 Å². The van der Waals surface area contributed by atoms with Gasteiger partial charge in [-0.1, -0.05) is 35.9 Å². The van der Waals surface area contributed by atoms with Crippen molar-refractivity contribution in [3.63, 3.8) is 0 Å². The Balaban J connectivity index is 2.03. The first-order valence-corrected chi connectivity index (χ1v) is 9.63. The third-order valence-corrected chi connectivity index (χ3v) is 6.02. The Morgan fingerprint density at radius 2 is 2.04 bits per heavy atom. The summed E-state index contributed by atoms with van der Waals surface area (Å²) in [5.41, 5.74) is 1.33. The molecule has 24 heavy (non-hydrogen) atoms. The zero-order valence-corrected chi connectivity index (χ0v) is 15.8. The van der Waals surface area contributed by atoms with Crippen molar-refractivity contribution in [2.45, 2.75) is 24.9 Å². The van der Waals surface area contributed by atoms with Crippen LogP contribution in [-0.2, 0) is 5.60 Å². The zero-order valence-electron chi connectivity index (χ0n) is 14.2. The molecular weight excluding hydrogens is 338 g/mol. The van der Waals surface area contributed by atoms with Crippen molar-refractivity contribution in [1.29, 1.82) is 0 Å². The molecule has 0 aliphatic heterocycles. The standard InChI is InChI=1S/C20H24ClNOS/c1-22(2)14-17-6-3-5-16(13-15-8-10-18(21)11-9-15)20(17,23)19-7-4-12-24-19/h4,7-13,17,23H,3,5-6,14H2,1-2H3/b16-13-. The van der Waals surface area contributed by atoms with Crippen LogP contribution in [0.3, 0.4) is 0 Å². The normalized spacial score (nSPS) is 26.2. The van der Waals surface area contributed by atoms with Gasteiger partial charge in [0.25, 0.3) is 0 Å². The summed E-state index contributed by atoms with van der Waals surface area (Å²) in [6.45, 7) is 0.881. The SMILES string of the molecule is CN(C)CC1CCC/C(=C/c2ccc(Cl)cc2)C1(O)c1cccs1. The van der Waals surface area contributed by atoms with Crippen molar-refractivity contribution in [3.8, 4) is 0 Å². The molecule has 1 N–H and O–H groups in total. The zero-order chi connectivity index (χ0) is 17.2. The smallest absolute Gasteiger partial charge is 0.124 e.